The molecule has 136 valence electrons. The van der Waals surface area contributed by atoms with Gasteiger partial charge in [0.05, 0.1) is 7.11 Å². The molecule has 0 aliphatic heterocycles. The lowest BCUT2D eigenvalue weighted by molar-refractivity contribution is 0.102. The van der Waals surface area contributed by atoms with Crippen molar-refractivity contribution < 1.29 is 17.9 Å². The Morgan fingerprint density at radius 2 is 1.88 bits per heavy atom. The second kappa shape index (κ2) is 6.47. The summed E-state index contributed by atoms with van der Waals surface area (Å²) in [6, 6.07) is 9.61. The van der Waals surface area contributed by atoms with Gasteiger partial charge in [0.15, 0.2) is 0 Å². The third kappa shape index (κ3) is 3.29. The van der Waals surface area contributed by atoms with Crippen LogP contribution in [-0.4, -0.2) is 26.4 Å². The van der Waals surface area contributed by atoms with Crippen molar-refractivity contribution >= 4 is 32.5 Å². The van der Waals surface area contributed by atoms with E-state index in [0.717, 1.165) is 22.2 Å². The maximum Gasteiger partial charge on any atom is 0.255 e. The normalized spacial score (nSPS) is 11.5. The maximum absolute atomic E-state index is 12.6. The number of aromatic amines is 1. The average Bonchev–Trinajstić information content (AvgIpc) is 2.88. The van der Waals surface area contributed by atoms with E-state index in [1.165, 1.54) is 19.2 Å². The lowest BCUT2D eigenvalue weighted by Gasteiger charge is -2.10. The number of amides is 1. The molecule has 1 amide bonds. The minimum atomic E-state index is -3.98. The summed E-state index contributed by atoms with van der Waals surface area (Å²) in [5.41, 5.74) is 3.85. The van der Waals surface area contributed by atoms with Crippen LogP contribution in [0.2, 0.25) is 0 Å². The van der Waals surface area contributed by atoms with Crippen molar-refractivity contribution in [1.82, 2.24) is 4.98 Å². The minimum Gasteiger partial charge on any atom is -0.495 e. The predicted molar refractivity (Wildman–Crippen MR) is 100 cm³/mol. The number of hydrogen-bond acceptors (Lipinski definition) is 4. The van der Waals surface area contributed by atoms with Crippen molar-refractivity contribution in [2.45, 2.75) is 18.7 Å². The van der Waals surface area contributed by atoms with Gasteiger partial charge in [0, 0.05) is 27.8 Å². The summed E-state index contributed by atoms with van der Waals surface area (Å²) in [5, 5.41) is 8.86. The number of fused-ring (bicyclic) bond motifs is 1. The first-order valence-electron chi connectivity index (χ1n) is 7.82. The molecule has 0 aliphatic rings. The van der Waals surface area contributed by atoms with Crippen LogP contribution in [0.5, 0.6) is 5.75 Å². The average molecular weight is 373 g/mol. The van der Waals surface area contributed by atoms with Crippen LogP contribution in [-0.2, 0) is 10.0 Å². The molecule has 0 fully saturated rings. The van der Waals surface area contributed by atoms with E-state index in [2.05, 4.69) is 10.3 Å². The molecule has 0 atom stereocenters. The van der Waals surface area contributed by atoms with Crippen LogP contribution < -0.4 is 15.2 Å². The summed E-state index contributed by atoms with van der Waals surface area (Å²) >= 11 is 0. The monoisotopic (exact) mass is 373 g/mol. The molecule has 0 saturated heterocycles. The molecule has 0 unspecified atom stereocenters. The smallest absolute Gasteiger partial charge is 0.255 e. The number of nitrogens with two attached hydrogens (primary N) is 1. The molecule has 4 N–H and O–H groups in total. The van der Waals surface area contributed by atoms with Gasteiger partial charge >= 0.3 is 0 Å². The zero-order valence-electron chi connectivity index (χ0n) is 14.6. The summed E-state index contributed by atoms with van der Waals surface area (Å²) in [6.45, 7) is 3.96. The highest BCUT2D eigenvalue weighted by Gasteiger charge is 2.17. The second-order valence-corrected chi connectivity index (χ2v) is 7.53. The van der Waals surface area contributed by atoms with E-state index in [1.807, 2.05) is 19.9 Å². The summed E-state index contributed by atoms with van der Waals surface area (Å²) in [4.78, 5) is 15.6. The Kier molecular flexibility index (Phi) is 4.47. The molecule has 0 spiro atoms. The van der Waals surface area contributed by atoms with Gasteiger partial charge in [0.25, 0.3) is 5.91 Å². The number of carbonyl (C=O) groups excluding carboxylic acids is 1. The molecule has 26 heavy (non-hydrogen) atoms. The number of nitrogens with one attached hydrogen (secondary N) is 2. The number of ether oxygens (including phenoxy) is 1. The summed E-state index contributed by atoms with van der Waals surface area (Å²) < 4.78 is 28.4. The van der Waals surface area contributed by atoms with E-state index in [4.69, 9.17) is 9.88 Å². The first-order chi connectivity index (χ1) is 12.2. The topological polar surface area (TPSA) is 114 Å². The Morgan fingerprint density at radius 3 is 2.54 bits per heavy atom. The second-order valence-electron chi connectivity index (χ2n) is 6.00. The molecule has 1 heterocycles. The summed E-state index contributed by atoms with van der Waals surface area (Å²) in [6.07, 6.45) is 0. The number of benzene rings is 2. The Labute approximate surface area is 151 Å². The maximum atomic E-state index is 12.6. The van der Waals surface area contributed by atoms with Crippen molar-refractivity contribution in [3.8, 4) is 5.75 Å². The largest absolute Gasteiger partial charge is 0.495 e. The Morgan fingerprint density at radius 1 is 1.15 bits per heavy atom. The van der Waals surface area contributed by atoms with E-state index in [0.29, 0.717) is 11.3 Å². The molecular weight excluding hydrogens is 354 g/mol. The van der Waals surface area contributed by atoms with Crippen LogP contribution >= 0.6 is 0 Å². The highest BCUT2D eigenvalue weighted by Crippen LogP contribution is 2.27. The standard InChI is InChI=1S/C18H19N3O4S/c1-10-11(2)20-15-6-4-12(8-14(10)15)18(22)21-13-5-7-16(25-3)17(9-13)26(19,23)24/h4-9,20H,1-3H3,(H,21,22)(H2,19,23,24). The van der Waals surface area contributed by atoms with Gasteiger partial charge in [-0.05, 0) is 55.8 Å². The highest BCUT2D eigenvalue weighted by atomic mass is 32.2. The number of sulfonamides is 1. The molecule has 0 aliphatic carbocycles. The number of anilines is 1. The van der Waals surface area contributed by atoms with Crippen molar-refractivity contribution in [2.24, 2.45) is 5.14 Å². The quantitative estimate of drug-likeness (QED) is 0.652. The third-order valence-corrected chi connectivity index (χ3v) is 5.23. The van der Waals surface area contributed by atoms with Gasteiger partial charge in [-0.15, -0.1) is 0 Å². The molecular formula is C18H19N3O4S. The van der Waals surface area contributed by atoms with Crippen molar-refractivity contribution in [3.05, 3.63) is 53.2 Å². The van der Waals surface area contributed by atoms with E-state index in [1.54, 1.807) is 18.2 Å². The van der Waals surface area contributed by atoms with Gasteiger partial charge in [0.2, 0.25) is 10.0 Å². The van der Waals surface area contributed by atoms with Gasteiger partial charge in [-0.25, -0.2) is 13.6 Å². The third-order valence-electron chi connectivity index (χ3n) is 4.30. The van der Waals surface area contributed by atoms with Crippen molar-refractivity contribution in [3.63, 3.8) is 0 Å². The molecule has 1 aromatic heterocycles. The minimum absolute atomic E-state index is 0.116. The predicted octanol–water partition coefficient (Wildman–Crippen LogP) is 2.69. The van der Waals surface area contributed by atoms with Gasteiger partial charge in [-0.3, -0.25) is 4.79 Å². The van der Waals surface area contributed by atoms with E-state index in [-0.39, 0.29) is 16.6 Å². The molecule has 0 radical (unpaired) electrons. The molecule has 2 aromatic carbocycles. The molecule has 0 bridgehead atoms. The van der Waals surface area contributed by atoms with Gasteiger partial charge in [-0.2, -0.15) is 0 Å². The lowest BCUT2D eigenvalue weighted by atomic mass is 10.1. The Hall–Kier alpha value is -2.84. The first kappa shape index (κ1) is 18.0. The van der Waals surface area contributed by atoms with Crippen LogP contribution in [0, 0.1) is 13.8 Å². The number of methoxy groups -OCH3 is 1. The van der Waals surface area contributed by atoms with Crippen molar-refractivity contribution in [1.29, 1.82) is 0 Å². The fourth-order valence-electron chi connectivity index (χ4n) is 2.78. The molecule has 8 heteroatoms. The van der Waals surface area contributed by atoms with Gasteiger partial charge in [0.1, 0.15) is 10.6 Å². The Bertz CT molecular complexity index is 1120. The summed E-state index contributed by atoms with van der Waals surface area (Å²) in [5.74, 6) is -0.235. The highest BCUT2D eigenvalue weighted by molar-refractivity contribution is 7.89. The van der Waals surface area contributed by atoms with E-state index in [9.17, 15) is 13.2 Å². The number of carbonyl (C=O) groups is 1. The molecule has 0 saturated carbocycles. The molecule has 7 nitrogen and oxygen atoms in total. The van der Waals surface area contributed by atoms with Gasteiger partial charge < -0.3 is 15.0 Å². The zero-order chi connectivity index (χ0) is 19.1. The lowest BCUT2D eigenvalue weighted by Crippen LogP contribution is -2.16. The number of hydrogen-bond donors (Lipinski definition) is 3. The SMILES string of the molecule is COc1ccc(NC(=O)c2ccc3[nH]c(C)c(C)c3c2)cc1S(N)(=O)=O. The fraction of sp³-hybridized carbons (Fsp3) is 0.167. The van der Waals surface area contributed by atoms with Crippen LogP contribution in [0.3, 0.4) is 0 Å². The van der Waals surface area contributed by atoms with E-state index < -0.39 is 10.0 Å². The fourth-order valence-corrected chi connectivity index (χ4v) is 3.51. The number of rotatable bonds is 4. The first-order valence-corrected chi connectivity index (χ1v) is 9.36. The number of aryl methyl sites for hydroxylation is 2. The summed E-state index contributed by atoms with van der Waals surface area (Å²) in [7, 11) is -2.63. The number of aromatic nitrogens is 1. The molecule has 3 aromatic rings. The van der Waals surface area contributed by atoms with Crippen LogP contribution in [0.4, 0.5) is 5.69 Å². The molecule has 3 rings (SSSR count). The Balaban J connectivity index is 1.94. The zero-order valence-corrected chi connectivity index (χ0v) is 15.4. The number of H-pyrrole nitrogens is 1. The van der Waals surface area contributed by atoms with Crippen LogP contribution in [0.1, 0.15) is 21.6 Å². The van der Waals surface area contributed by atoms with Crippen LogP contribution in [0.25, 0.3) is 10.9 Å². The van der Waals surface area contributed by atoms with Crippen molar-refractivity contribution in [2.75, 3.05) is 12.4 Å². The number of primary sulfonamides is 1. The van der Waals surface area contributed by atoms with Crippen LogP contribution in [0.15, 0.2) is 41.3 Å². The van der Waals surface area contributed by atoms with E-state index >= 15 is 0 Å². The van der Waals surface area contributed by atoms with Gasteiger partial charge in [-0.1, -0.05) is 0 Å².